The summed E-state index contributed by atoms with van der Waals surface area (Å²) in [6.45, 7) is -0.179. The number of phenols is 1. The lowest BCUT2D eigenvalue weighted by Crippen LogP contribution is -2.34. The minimum atomic E-state index is -5.69. The highest BCUT2D eigenvalue weighted by Crippen LogP contribution is 2.46. The molecule has 0 aliphatic carbocycles. The van der Waals surface area contributed by atoms with Gasteiger partial charge in [-0.25, -0.2) is 0 Å². The molecule has 0 spiro atoms. The van der Waals surface area contributed by atoms with E-state index in [-0.39, 0.29) is 23.5 Å². The number of phenolic OH excluding ortho intramolecular Hbond substituents is 1. The highest BCUT2D eigenvalue weighted by atomic mass is 19.4. The van der Waals surface area contributed by atoms with Crippen LogP contribution in [-0.2, 0) is 5.92 Å². The SMILES string of the molecule is Oc1ccc2c(c1)OCC(c1ccccc1C(F)(F)C(F)(F)F)=C2. The van der Waals surface area contributed by atoms with Gasteiger partial charge in [0.15, 0.2) is 0 Å². The molecule has 1 N–H and O–H groups in total. The number of benzene rings is 2. The van der Waals surface area contributed by atoms with E-state index in [2.05, 4.69) is 0 Å². The number of halogens is 5. The summed E-state index contributed by atoms with van der Waals surface area (Å²) < 4.78 is 71.1. The van der Waals surface area contributed by atoms with E-state index in [0.717, 1.165) is 12.1 Å². The molecule has 24 heavy (non-hydrogen) atoms. The van der Waals surface area contributed by atoms with Gasteiger partial charge in [0.2, 0.25) is 0 Å². The molecular weight excluding hydrogens is 331 g/mol. The summed E-state index contributed by atoms with van der Waals surface area (Å²) in [5.74, 6) is -4.67. The van der Waals surface area contributed by atoms with Crippen molar-refractivity contribution in [1.29, 1.82) is 0 Å². The summed E-state index contributed by atoms with van der Waals surface area (Å²) in [6.07, 6.45) is -4.22. The smallest absolute Gasteiger partial charge is 0.458 e. The average Bonchev–Trinajstić information content (AvgIpc) is 2.53. The van der Waals surface area contributed by atoms with Crippen molar-refractivity contribution in [2.75, 3.05) is 6.61 Å². The monoisotopic (exact) mass is 342 g/mol. The van der Waals surface area contributed by atoms with Crippen LogP contribution in [0.1, 0.15) is 16.7 Å². The second-order valence-electron chi connectivity index (χ2n) is 5.30. The molecule has 0 aromatic heterocycles. The molecule has 1 aliphatic heterocycles. The van der Waals surface area contributed by atoms with Gasteiger partial charge in [-0.2, -0.15) is 22.0 Å². The summed E-state index contributed by atoms with van der Waals surface area (Å²) in [5.41, 5.74) is -0.653. The van der Waals surface area contributed by atoms with Crippen molar-refractivity contribution in [2.24, 2.45) is 0 Å². The number of hydrogen-bond donors (Lipinski definition) is 1. The zero-order valence-corrected chi connectivity index (χ0v) is 12.1. The van der Waals surface area contributed by atoms with E-state index >= 15 is 0 Å². The number of ether oxygens (including phenoxy) is 1. The second-order valence-corrected chi connectivity index (χ2v) is 5.30. The van der Waals surface area contributed by atoms with Gasteiger partial charge >= 0.3 is 12.1 Å². The number of alkyl halides is 5. The summed E-state index contributed by atoms with van der Waals surface area (Å²) in [5, 5.41) is 9.39. The molecule has 1 heterocycles. The Bertz CT molecular complexity index is 809. The van der Waals surface area contributed by atoms with Crippen molar-refractivity contribution in [3.05, 3.63) is 59.2 Å². The maximum Gasteiger partial charge on any atom is 0.458 e. The minimum absolute atomic E-state index is 0.0328. The highest BCUT2D eigenvalue weighted by Gasteiger charge is 2.59. The van der Waals surface area contributed by atoms with Crippen molar-refractivity contribution in [2.45, 2.75) is 12.1 Å². The van der Waals surface area contributed by atoms with Crippen molar-refractivity contribution < 1.29 is 31.8 Å². The maximum absolute atomic E-state index is 13.8. The highest BCUT2D eigenvalue weighted by molar-refractivity contribution is 5.87. The molecule has 0 radical (unpaired) electrons. The largest absolute Gasteiger partial charge is 0.508 e. The van der Waals surface area contributed by atoms with E-state index in [1.54, 1.807) is 0 Å². The third-order valence-corrected chi connectivity index (χ3v) is 3.68. The Morgan fingerprint density at radius 3 is 2.38 bits per heavy atom. The third-order valence-electron chi connectivity index (χ3n) is 3.68. The van der Waals surface area contributed by atoms with Gasteiger partial charge in [0, 0.05) is 17.2 Å². The molecule has 3 rings (SSSR count). The minimum Gasteiger partial charge on any atom is -0.508 e. The van der Waals surface area contributed by atoms with Crippen molar-refractivity contribution in [1.82, 2.24) is 0 Å². The van der Waals surface area contributed by atoms with Gasteiger partial charge in [0.1, 0.15) is 18.1 Å². The number of fused-ring (bicyclic) bond motifs is 1. The van der Waals surface area contributed by atoms with Crippen LogP contribution in [-0.4, -0.2) is 17.9 Å². The lowest BCUT2D eigenvalue weighted by molar-refractivity contribution is -0.289. The first-order chi connectivity index (χ1) is 11.2. The predicted octanol–water partition coefficient (Wildman–Crippen LogP) is 4.98. The number of rotatable bonds is 2. The van der Waals surface area contributed by atoms with Gasteiger partial charge in [-0.3, -0.25) is 0 Å². The fourth-order valence-corrected chi connectivity index (χ4v) is 2.50. The van der Waals surface area contributed by atoms with Crippen LogP contribution >= 0.6 is 0 Å². The van der Waals surface area contributed by atoms with E-state index in [9.17, 15) is 27.1 Å². The molecule has 2 aromatic carbocycles. The van der Waals surface area contributed by atoms with Crippen LogP contribution < -0.4 is 4.74 Å². The van der Waals surface area contributed by atoms with Crippen LogP contribution in [0.2, 0.25) is 0 Å². The summed E-state index contributed by atoms with van der Waals surface area (Å²) in [4.78, 5) is 0. The zero-order valence-electron chi connectivity index (χ0n) is 12.1. The average molecular weight is 342 g/mol. The number of aromatic hydroxyl groups is 1. The van der Waals surface area contributed by atoms with E-state index in [1.807, 2.05) is 0 Å². The first kappa shape index (κ1) is 16.3. The Hall–Kier alpha value is -2.57. The fourth-order valence-electron chi connectivity index (χ4n) is 2.50. The summed E-state index contributed by atoms with van der Waals surface area (Å²) in [7, 11) is 0. The van der Waals surface area contributed by atoms with Gasteiger partial charge in [-0.15, -0.1) is 0 Å². The van der Waals surface area contributed by atoms with Gasteiger partial charge < -0.3 is 9.84 Å². The molecule has 0 fully saturated rings. The first-order valence-corrected chi connectivity index (χ1v) is 6.91. The molecule has 0 atom stereocenters. The van der Waals surface area contributed by atoms with E-state index < -0.39 is 17.7 Å². The third kappa shape index (κ3) is 2.70. The Labute approximate surface area is 133 Å². The van der Waals surface area contributed by atoms with E-state index in [0.29, 0.717) is 11.3 Å². The van der Waals surface area contributed by atoms with Crippen molar-refractivity contribution >= 4 is 11.6 Å². The molecule has 0 saturated heterocycles. The Morgan fingerprint density at radius 1 is 0.958 bits per heavy atom. The van der Waals surface area contributed by atoms with Crippen molar-refractivity contribution in [3.8, 4) is 11.5 Å². The topological polar surface area (TPSA) is 29.5 Å². The molecule has 0 bridgehead atoms. The quantitative estimate of drug-likeness (QED) is 0.780. The van der Waals surface area contributed by atoms with Gasteiger partial charge in [0.05, 0.1) is 0 Å². The van der Waals surface area contributed by atoms with Crippen LogP contribution in [0.4, 0.5) is 22.0 Å². The standard InChI is InChI=1S/C17H11F5O2/c18-16(19,17(20,21)22)14-4-2-1-3-13(14)11-7-10-5-6-12(23)8-15(10)24-9-11/h1-8,23H,9H2. The molecule has 2 nitrogen and oxygen atoms in total. The molecule has 0 amide bonds. The number of hydrogen-bond acceptors (Lipinski definition) is 2. The Kier molecular flexibility index (Phi) is 3.74. The molecule has 0 unspecified atom stereocenters. The Balaban J connectivity index is 2.11. The summed E-state index contributed by atoms with van der Waals surface area (Å²) in [6, 6.07) is 8.70. The van der Waals surface area contributed by atoms with Crippen LogP contribution in [0.5, 0.6) is 11.5 Å². The molecule has 2 aromatic rings. The van der Waals surface area contributed by atoms with Crippen LogP contribution in [0.15, 0.2) is 42.5 Å². The molecule has 0 saturated carbocycles. The molecule has 126 valence electrons. The fraction of sp³-hybridized carbons (Fsp3) is 0.176. The van der Waals surface area contributed by atoms with Gasteiger partial charge in [-0.05, 0) is 29.3 Å². The van der Waals surface area contributed by atoms with Gasteiger partial charge in [-0.1, -0.05) is 24.3 Å². The maximum atomic E-state index is 13.8. The lowest BCUT2D eigenvalue weighted by Gasteiger charge is -2.25. The van der Waals surface area contributed by atoms with Crippen molar-refractivity contribution in [3.63, 3.8) is 0 Å². The zero-order chi connectivity index (χ0) is 17.5. The first-order valence-electron chi connectivity index (χ1n) is 6.91. The molecule has 7 heteroatoms. The van der Waals surface area contributed by atoms with Crippen LogP contribution in [0.25, 0.3) is 11.6 Å². The van der Waals surface area contributed by atoms with E-state index in [1.165, 1.54) is 36.4 Å². The van der Waals surface area contributed by atoms with E-state index in [4.69, 9.17) is 4.74 Å². The lowest BCUT2D eigenvalue weighted by atomic mass is 9.93. The molecular formula is C17H11F5O2. The summed E-state index contributed by atoms with van der Waals surface area (Å²) >= 11 is 0. The van der Waals surface area contributed by atoms with Crippen LogP contribution in [0.3, 0.4) is 0 Å². The molecule has 1 aliphatic rings. The van der Waals surface area contributed by atoms with Gasteiger partial charge in [0.25, 0.3) is 0 Å². The normalized spacial score (nSPS) is 14.6. The second kappa shape index (κ2) is 5.51. The Morgan fingerprint density at radius 2 is 1.67 bits per heavy atom. The van der Waals surface area contributed by atoms with Crippen LogP contribution in [0, 0.1) is 0 Å². The predicted molar refractivity (Wildman–Crippen MR) is 77.9 cm³/mol.